The number of hydrogen-bond acceptors (Lipinski definition) is 3. The van der Waals surface area contributed by atoms with Crippen LogP contribution in [-0.4, -0.2) is 15.0 Å². The van der Waals surface area contributed by atoms with Crippen LogP contribution in [0.25, 0.3) is 11.0 Å². The number of nitrogens with one attached hydrogen (secondary N) is 2. The molecule has 4 aromatic rings. The zero-order valence-electron chi connectivity index (χ0n) is 13.8. The summed E-state index contributed by atoms with van der Waals surface area (Å²) in [6.07, 6.45) is 6.28. The summed E-state index contributed by atoms with van der Waals surface area (Å²) in [6.45, 7) is 0.702. The van der Waals surface area contributed by atoms with Crippen LogP contribution in [0.15, 0.2) is 61.1 Å². The lowest BCUT2D eigenvalue weighted by Crippen LogP contribution is -2.01. The second kappa shape index (κ2) is 7.36. The fraction of sp³-hybridized carbons (Fsp3) is 0.100. The standard InChI is InChI=1S/C20H16Cl2N4/c21-16-4-1-13(2-5-16)10-24-18-6-3-14(11-25-18)9-15-12-26-20-19(15)17(22)7-8-23-20/h1-8,11-12H,9-10H2,(H,23,26)(H,24,25). The molecule has 6 heteroatoms. The lowest BCUT2D eigenvalue weighted by atomic mass is 10.1. The molecule has 0 saturated heterocycles. The van der Waals surface area contributed by atoms with Gasteiger partial charge in [0.25, 0.3) is 0 Å². The Morgan fingerprint density at radius 1 is 0.923 bits per heavy atom. The first-order valence-corrected chi connectivity index (χ1v) is 8.98. The second-order valence-corrected chi connectivity index (χ2v) is 6.88. The minimum atomic E-state index is 0.702. The molecule has 0 unspecified atom stereocenters. The first kappa shape index (κ1) is 16.9. The summed E-state index contributed by atoms with van der Waals surface area (Å²) in [5.41, 5.74) is 4.19. The van der Waals surface area contributed by atoms with Crippen molar-refractivity contribution < 1.29 is 0 Å². The predicted molar refractivity (Wildman–Crippen MR) is 107 cm³/mol. The molecule has 0 aliphatic carbocycles. The molecule has 0 aliphatic heterocycles. The highest BCUT2D eigenvalue weighted by molar-refractivity contribution is 6.35. The van der Waals surface area contributed by atoms with Crippen molar-refractivity contribution in [2.45, 2.75) is 13.0 Å². The average molecular weight is 383 g/mol. The van der Waals surface area contributed by atoms with Crippen LogP contribution in [0, 0.1) is 0 Å². The molecule has 0 fully saturated rings. The first-order valence-electron chi connectivity index (χ1n) is 8.23. The molecule has 3 aromatic heterocycles. The highest BCUT2D eigenvalue weighted by Crippen LogP contribution is 2.26. The summed E-state index contributed by atoms with van der Waals surface area (Å²) in [5, 5.41) is 5.73. The number of anilines is 1. The number of fused-ring (bicyclic) bond motifs is 1. The van der Waals surface area contributed by atoms with Crippen LogP contribution >= 0.6 is 23.2 Å². The van der Waals surface area contributed by atoms with Gasteiger partial charge in [0.1, 0.15) is 11.5 Å². The number of nitrogens with zero attached hydrogens (tertiary/aromatic N) is 2. The fourth-order valence-corrected chi connectivity index (χ4v) is 3.26. The third kappa shape index (κ3) is 3.66. The summed E-state index contributed by atoms with van der Waals surface area (Å²) >= 11 is 12.2. The Morgan fingerprint density at radius 3 is 2.50 bits per heavy atom. The molecule has 0 spiro atoms. The van der Waals surface area contributed by atoms with Crippen LogP contribution < -0.4 is 5.32 Å². The first-order chi connectivity index (χ1) is 12.7. The molecule has 0 saturated carbocycles. The van der Waals surface area contributed by atoms with Crippen LogP contribution in [0.1, 0.15) is 16.7 Å². The molecular formula is C20H16Cl2N4. The largest absolute Gasteiger partial charge is 0.366 e. The molecule has 1 aromatic carbocycles. The van der Waals surface area contributed by atoms with Crippen LogP contribution in [0.5, 0.6) is 0 Å². The molecule has 0 bridgehead atoms. The van der Waals surface area contributed by atoms with Gasteiger partial charge in [-0.2, -0.15) is 0 Å². The number of aromatic nitrogens is 3. The second-order valence-electron chi connectivity index (χ2n) is 6.04. The van der Waals surface area contributed by atoms with Crippen molar-refractivity contribution >= 4 is 40.1 Å². The minimum absolute atomic E-state index is 0.702. The van der Waals surface area contributed by atoms with Crippen molar-refractivity contribution in [2.75, 3.05) is 5.32 Å². The Balaban J connectivity index is 1.45. The van der Waals surface area contributed by atoms with E-state index in [0.717, 1.165) is 45.0 Å². The van der Waals surface area contributed by atoms with Crippen molar-refractivity contribution in [2.24, 2.45) is 0 Å². The van der Waals surface area contributed by atoms with Crippen molar-refractivity contribution in [3.8, 4) is 0 Å². The summed E-state index contributed by atoms with van der Waals surface area (Å²) in [6, 6.07) is 13.6. The van der Waals surface area contributed by atoms with Gasteiger partial charge in [0.2, 0.25) is 0 Å². The van der Waals surface area contributed by atoms with E-state index in [1.165, 1.54) is 0 Å². The molecular weight excluding hydrogens is 367 g/mol. The average Bonchev–Trinajstić information content (AvgIpc) is 3.07. The Labute approximate surface area is 161 Å². The van der Waals surface area contributed by atoms with Crippen LogP contribution in [-0.2, 0) is 13.0 Å². The number of benzene rings is 1. The van der Waals surface area contributed by atoms with Crippen LogP contribution in [0.3, 0.4) is 0 Å². The van der Waals surface area contributed by atoms with Crippen molar-refractivity contribution in [1.82, 2.24) is 15.0 Å². The van der Waals surface area contributed by atoms with E-state index in [9.17, 15) is 0 Å². The predicted octanol–water partition coefficient (Wildman–Crippen LogP) is 5.47. The van der Waals surface area contributed by atoms with Gasteiger partial charge in [-0.25, -0.2) is 9.97 Å². The maximum atomic E-state index is 6.31. The van der Waals surface area contributed by atoms with Crippen LogP contribution in [0.4, 0.5) is 5.82 Å². The molecule has 4 nitrogen and oxygen atoms in total. The third-order valence-electron chi connectivity index (χ3n) is 4.21. The van der Waals surface area contributed by atoms with Gasteiger partial charge in [-0.15, -0.1) is 0 Å². The molecule has 26 heavy (non-hydrogen) atoms. The Kier molecular flexibility index (Phi) is 4.78. The SMILES string of the molecule is Clc1ccc(CNc2ccc(Cc3c[nH]c4nccc(Cl)c34)cn2)cc1. The van der Waals surface area contributed by atoms with Gasteiger partial charge in [0.05, 0.1) is 5.02 Å². The lowest BCUT2D eigenvalue weighted by Gasteiger charge is -2.07. The van der Waals surface area contributed by atoms with Gasteiger partial charge in [0, 0.05) is 42.0 Å². The topological polar surface area (TPSA) is 53.6 Å². The third-order valence-corrected chi connectivity index (χ3v) is 4.78. The minimum Gasteiger partial charge on any atom is -0.366 e. The van der Waals surface area contributed by atoms with Crippen molar-refractivity contribution in [3.63, 3.8) is 0 Å². The van der Waals surface area contributed by atoms with E-state index < -0.39 is 0 Å². The van der Waals surface area contributed by atoms with Gasteiger partial charge >= 0.3 is 0 Å². The van der Waals surface area contributed by atoms with E-state index in [0.29, 0.717) is 11.6 Å². The molecule has 0 aliphatic rings. The zero-order valence-corrected chi connectivity index (χ0v) is 15.3. The molecule has 2 N–H and O–H groups in total. The van der Waals surface area contributed by atoms with Gasteiger partial charge < -0.3 is 10.3 Å². The van der Waals surface area contributed by atoms with E-state index in [2.05, 4.69) is 26.3 Å². The lowest BCUT2D eigenvalue weighted by molar-refractivity contribution is 1.09. The van der Waals surface area contributed by atoms with Gasteiger partial charge in [0.15, 0.2) is 0 Å². The van der Waals surface area contributed by atoms with E-state index in [4.69, 9.17) is 23.2 Å². The summed E-state index contributed by atoms with van der Waals surface area (Å²) < 4.78 is 0. The normalized spacial score (nSPS) is 11.0. The van der Waals surface area contributed by atoms with Gasteiger partial charge in [-0.1, -0.05) is 41.4 Å². The quantitative estimate of drug-likeness (QED) is 0.481. The highest BCUT2D eigenvalue weighted by Gasteiger charge is 2.09. The molecule has 0 radical (unpaired) electrons. The smallest absolute Gasteiger partial charge is 0.139 e. The summed E-state index contributed by atoms with van der Waals surface area (Å²) in [7, 11) is 0. The molecule has 0 amide bonds. The van der Waals surface area contributed by atoms with Gasteiger partial charge in [-0.3, -0.25) is 0 Å². The number of H-pyrrole nitrogens is 1. The zero-order chi connectivity index (χ0) is 17.9. The Bertz CT molecular complexity index is 1020. The molecule has 130 valence electrons. The van der Waals surface area contributed by atoms with Crippen molar-refractivity contribution in [1.29, 1.82) is 0 Å². The van der Waals surface area contributed by atoms with Gasteiger partial charge in [-0.05, 0) is 41.0 Å². The maximum Gasteiger partial charge on any atom is 0.139 e. The van der Waals surface area contributed by atoms with E-state index in [1.807, 2.05) is 48.8 Å². The maximum absolute atomic E-state index is 6.31. The number of rotatable bonds is 5. The molecule has 0 atom stereocenters. The number of pyridine rings is 2. The monoisotopic (exact) mass is 382 g/mol. The van der Waals surface area contributed by atoms with Crippen molar-refractivity contribution in [3.05, 3.63) is 87.8 Å². The fourth-order valence-electron chi connectivity index (χ4n) is 2.87. The number of aromatic amines is 1. The molecule has 4 rings (SSSR count). The van der Waals surface area contributed by atoms with E-state index in [1.54, 1.807) is 6.20 Å². The van der Waals surface area contributed by atoms with Crippen LogP contribution in [0.2, 0.25) is 10.0 Å². The Morgan fingerprint density at radius 2 is 1.73 bits per heavy atom. The summed E-state index contributed by atoms with van der Waals surface area (Å²) in [5.74, 6) is 0.835. The van der Waals surface area contributed by atoms with E-state index >= 15 is 0 Å². The highest BCUT2D eigenvalue weighted by atomic mass is 35.5. The molecule has 3 heterocycles. The Hall–Kier alpha value is -2.56. The summed E-state index contributed by atoms with van der Waals surface area (Å²) in [4.78, 5) is 12.0. The van der Waals surface area contributed by atoms with E-state index in [-0.39, 0.29) is 0 Å². The number of halogens is 2. The number of hydrogen-bond donors (Lipinski definition) is 2.